The van der Waals surface area contributed by atoms with Crippen LogP contribution in [0.5, 0.6) is 11.5 Å². The van der Waals surface area contributed by atoms with Crippen LogP contribution in [-0.4, -0.2) is 39.5 Å². The van der Waals surface area contributed by atoms with Crippen LogP contribution in [0, 0.1) is 6.92 Å². The van der Waals surface area contributed by atoms with E-state index in [2.05, 4.69) is 33.8 Å². The fraction of sp³-hybridized carbons (Fsp3) is 0.423. The first kappa shape index (κ1) is 23.2. The van der Waals surface area contributed by atoms with E-state index < -0.39 is 5.56 Å². The van der Waals surface area contributed by atoms with Gasteiger partial charge in [0, 0.05) is 43.1 Å². The molecule has 0 unspecified atom stereocenters. The molecule has 184 valence electrons. The maximum Gasteiger partial charge on any atom is 0.260 e. The molecule has 0 atom stereocenters. The Morgan fingerprint density at radius 3 is 2.66 bits per heavy atom. The summed E-state index contributed by atoms with van der Waals surface area (Å²) in [6.45, 7) is 5.99. The number of ether oxygens (including phenoxy) is 2. The second-order valence-electron chi connectivity index (χ2n) is 9.20. The number of hydrogen-bond donors (Lipinski definition) is 3. The molecule has 2 aromatic heterocycles. The van der Waals surface area contributed by atoms with Gasteiger partial charge in [-0.2, -0.15) is 5.10 Å². The number of benzene rings is 1. The zero-order valence-corrected chi connectivity index (χ0v) is 20.1. The summed E-state index contributed by atoms with van der Waals surface area (Å²) in [6, 6.07) is 7.65. The van der Waals surface area contributed by atoms with E-state index in [1.54, 1.807) is 12.3 Å². The summed E-state index contributed by atoms with van der Waals surface area (Å²) in [6.07, 6.45) is 7.40. The van der Waals surface area contributed by atoms with Gasteiger partial charge in [0.05, 0.1) is 5.69 Å². The van der Waals surface area contributed by atoms with E-state index in [0.29, 0.717) is 17.5 Å². The lowest BCUT2D eigenvalue weighted by Crippen LogP contribution is -2.43. The van der Waals surface area contributed by atoms with Gasteiger partial charge in [-0.1, -0.05) is 6.07 Å². The highest BCUT2D eigenvalue weighted by molar-refractivity contribution is 5.95. The third-order valence-corrected chi connectivity index (χ3v) is 6.87. The minimum Gasteiger partial charge on any atom is -0.454 e. The quantitative estimate of drug-likeness (QED) is 0.482. The van der Waals surface area contributed by atoms with Gasteiger partial charge in [-0.25, -0.2) is 0 Å². The molecule has 0 bridgehead atoms. The fourth-order valence-corrected chi connectivity index (χ4v) is 4.75. The maximum absolute atomic E-state index is 13.0. The fourth-order valence-electron chi connectivity index (χ4n) is 4.75. The number of aromatic amines is 1. The molecule has 1 aromatic carbocycles. The third kappa shape index (κ3) is 5.09. The smallest absolute Gasteiger partial charge is 0.260 e. The van der Waals surface area contributed by atoms with E-state index in [4.69, 9.17) is 9.47 Å². The van der Waals surface area contributed by atoms with Crippen molar-refractivity contribution in [1.82, 2.24) is 25.4 Å². The first-order valence-electron chi connectivity index (χ1n) is 12.2. The van der Waals surface area contributed by atoms with Gasteiger partial charge in [0.2, 0.25) is 6.79 Å². The molecule has 1 amide bonds. The Balaban J connectivity index is 1.17. The Morgan fingerprint density at radius 2 is 1.89 bits per heavy atom. The van der Waals surface area contributed by atoms with Crippen molar-refractivity contribution >= 4 is 5.91 Å². The van der Waals surface area contributed by atoms with Crippen LogP contribution in [0.1, 0.15) is 54.2 Å². The van der Waals surface area contributed by atoms with Gasteiger partial charge in [0.1, 0.15) is 5.56 Å². The molecule has 1 fully saturated rings. The van der Waals surface area contributed by atoms with E-state index in [9.17, 15) is 9.59 Å². The van der Waals surface area contributed by atoms with Crippen molar-refractivity contribution in [1.29, 1.82) is 0 Å². The molecule has 0 saturated heterocycles. The summed E-state index contributed by atoms with van der Waals surface area (Å²) in [4.78, 5) is 28.1. The zero-order valence-electron chi connectivity index (χ0n) is 20.1. The first-order valence-corrected chi connectivity index (χ1v) is 12.2. The molecule has 5 rings (SSSR count). The summed E-state index contributed by atoms with van der Waals surface area (Å²) >= 11 is 0. The Morgan fingerprint density at radius 1 is 1.11 bits per heavy atom. The number of pyridine rings is 1. The van der Waals surface area contributed by atoms with Gasteiger partial charge in [-0.15, -0.1) is 0 Å². The second kappa shape index (κ2) is 9.95. The van der Waals surface area contributed by atoms with E-state index in [1.165, 1.54) is 5.56 Å². The van der Waals surface area contributed by atoms with Gasteiger partial charge in [0.25, 0.3) is 11.5 Å². The van der Waals surface area contributed by atoms with Gasteiger partial charge in [-0.3, -0.25) is 14.3 Å². The molecular weight excluding hydrogens is 446 g/mol. The van der Waals surface area contributed by atoms with Crippen LogP contribution in [0.3, 0.4) is 0 Å². The predicted molar refractivity (Wildman–Crippen MR) is 132 cm³/mol. The molecule has 1 saturated carbocycles. The lowest BCUT2D eigenvalue weighted by atomic mass is 9.90. The van der Waals surface area contributed by atoms with Crippen LogP contribution in [0.25, 0.3) is 11.1 Å². The lowest BCUT2D eigenvalue weighted by Gasteiger charge is -2.29. The number of hydrogen-bond acceptors (Lipinski definition) is 6. The van der Waals surface area contributed by atoms with Gasteiger partial charge in [-0.05, 0) is 68.9 Å². The number of fused-ring (bicyclic) bond motifs is 1. The highest BCUT2D eigenvalue weighted by Crippen LogP contribution is 2.35. The molecule has 35 heavy (non-hydrogen) atoms. The first-order chi connectivity index (χ1) is 17.0. The maximum atomic E-state index is 13.0. The highest BCUT2D eigenvalue weighted by Gasteiger charge is 2.24. The minimum atomic E-state index is -0.398. The van der Waals surface area contributed by atoms with Gasteiger partial charge in [0.15, 0.2) is 11.5 Å². The number of H-pyrrole nitrogens is 1. The summed E-state index contributed by atoms with van der Waals surface area (Å²) in [5.41, 5.74) is 3.58. The molecule has 0 spiro atoms. The van der Waals surface area contributed by atoms with E-state index in [-0.39, 0.29) is 24.3 Å². The Bertz CT molecular complexity index is 1270. The van der Waals surface area contributed by atoms with Crippen molar-refractivity contribution in [2.24, 2.45) is 0 Å². The molecule has 3 aromatic rings. The number of rotatable bonds is 7. The lowest BCUT2D eigenvalue weighted by molar-refractivity contribution is 0.0922. The number of carbonyl (C=O) groups excluding carboxylic acids is 1. The monoisotopic (exact) mass is 477 g/mol. The average Bonchev–Trinajstić information content (AvgIpc) is 3.49. The van der Waals surface area contributed by atoms with Crippen molar-refractivity contribution in [2.75, 3.05) is 6.79 Å². The van der Waals surface area contributed by atoms with Crippen molar-refractivity contribution in [3.05, 3.63) is 63.8 Å². The van der Waals surface area contributed by atoms with Gasteiger partial charge >= 0.3 is 0 Å². The Labute approximate surface area is 203 Å². The third-order valence-electron chi connectivity index (χ3n) is 6.87. The van der Waals surface area contributed by atoms with Crippen molar-refractivity contribution < 1.29 is 14.3 Å². The predicted octanol–water partition coefficient (Wildman–Crippen LogP) is 3.13. The van der Waals surface area contributed by atoms with Crippen LogP contribution in [0.15, 0.2) is 41.5 Å². The standard InChI is InChI=1S/C26H31N5O4/c1-3-31-14-19(16(2)30-31)13-27-20-5-7-21(8-6-20)29-26(33)22-10-18(12-28-25(22)32)17-4-9-23-24(11-17)35-15-34-23/h4,9-12,14,20-21,27H,3,5-8,13,15H2,1-2H3,(H,28,32)(H,29,33). The topological polar surface area (TPSA) is 110 Å². The summed E-state index contributed by atoms with van der Waals surface area (Å²) in [5, 5.41) is 11.2. The highest BCUT2D eigenvalue weighted by atomic mass is 16.7. The summed E-state index contributed by atoms with van der Waals surface area (Å²) in [5.74, 6) is 1.000. The van der Waals surface area contributed by atoms with Crippen molar-refractivity contribution in [3.8, 4) is 22.6 Å². The molecule has 3 N–H and O–H groups in total. The van der Waals surface area contributed by atoms with Crippen LogP contribution in [0.4, 0.5) is 0 Å². The minimum absolute atomic E-state index is 0.0544. The molecular formula is C26H31N5O4. The molecule has 2 aliphatic rings. The van der Waals surface area contributed by atoms with Crippen LogP contribution in [-0.2, 0) is 13.1 Å². The molecule has 9 nitrogen and oxygen atoms in total. The molecule has 1 aliphatic heterocycles. The van der Waals surface area contributed by atoms with Crippen LogP contribution >= 0.6 is 0 Å². The number of carbonyl (C=O) groups is 1. The van der Waals surface area contributed by atoms with Crippen LogP contribution in [0.2, 0.25) is 0 Å². The number of aromatic nitrogens is 3. The summed E-state index contributed by atoms with van der Waals surface area (Å²) < 4.78 is 12.8. The largest absolute Gasteiger partial charge is 0.454 e. The normalized spacial score (nSPS) is 19.0. The SMILES string of the molecule is CCn1cc(CNC2CCC(NC(=O)c3cc(-c4ccc5c(c4)OCO5)c[nH]c3=O)CC2)c(C)n1. The number of amides is 1. The van der Waals surface area contributed by atoms with Crippen molar-refractivity contribution in [2.45, 2.75) is 64.7 Å². The molecule has 0 radical (unpaired) electrons. The van der Waals surface area contributed by atoms with E-state index >= 15 is 0 Å². The van der Waals surface area contributed by atoms with E-state index in [1.807, 2.05) is 29.8 Å². The second-order valence-corrected chi connectivity index (χ2v) is 9.20. The molecule has 9 heteroatoms. The number of nitrogens with zero attached hydrogens (tertiary/aromatic N) is 2. The van der Waals surface area contributed by atoms with Gasteiger partial charge < -0.3 is 25.1 Å². The average molecular weight is 478 g/mol. The zero-order chi connectivity index (χ0) is 24.4. The molecule has 3 heterocycles. The van der Waals surface area contributed by atoms with E-state index in [0.717, 1.165) is 55.6 Å². The Hall–Kier alpha value is -3.59. The summed E-state index contributed by atoms with van der Waals surface area (Å²) in [7, 11) is 0. The van der Waals surface area contributed by atoms with Crippen molar-refractivity contribution in [3.63, 3.8) is 0 Å². The molecule has 1 aliphatic carbocycles. The Kier molecular flexibility index (Phi) is 6.59. The van der Waals surface area contributed by atoms with Crippen LogP contribution < -0.4 is 25.7 Å². The number of nitrogens with one attached hydrogen (secondary N) is 3. The number of aryl methyl sites for hydroxylation is 2.